The number of hydrogen-bond donors (Lipinski definition) is 0. The minimum absolute atomic E-state index is 0. The van der Waals surface area contributed by atoms with E-state index in [0.29, 0.717) is 0 Å². The Labute approximate surface area is 89.3 Å². The molecule has 0 heterocycles. The summed E-state index contributed by atoms with van der Waals surface area (Å²) in [6.45, 7) is 9.00. The Morgan fingerprint density at radius 1 is 0.750 bits per heavy atom. The summed E-state index contributed by atoms with van der Waals surface area (Å²) in [5.74, 6) is -4.37. The average Bonchev–Trinajstić information content (AvgIpc) is 1.96. The molecule has 4 radical (unpaired) electrons. The molecule has 0 saturated heterocycles. The van der Waals surface area contributed by atoms with Crippen molar-refractivity contribution in [3.63, 3.8) is 0 Å². The summed E-state index contributed by atoms with van der Waals surface area (Å²) in [7, 11) is 0. The van der Waals surface area contributed by atoms with Gasteiger partial charge in [-0.2, -0.15) is 0 Å². The van der Waals surface area contributed by atoms with Crippen LogP contribution in [0.1, 0.15) is 0 Å². The monoisotopic (exact) mass is 270 g/mol. The van der Waals surface area contributed by atoms with Crippen LogP contribution in [-0.4, -0.2) is 25.5 Å². The third-order valence-electron chi connectivity index (χ3n) is 0.167. The summed E-state index contributed by atoms with van der Waals surface area (Å²) in [5, 5.41) is 17.9. The molecule has 0 bridgehead atoms. The van der Waals surface area contributed by atoms with Crippen LogP contribution in [0.25, 0.3) is 0 Å². The fourth-order valence-electron chi connectivity index (χ4n) is 0. The standard InChI is InChI=1S/C2H2O4.2CO.2Cu/c3-1(4)2(5)6;2*1-2;;/h(H,3,4)(H,5,6);;;;/q;;;2*+1/p-2. The van der Waals surface area contributed by atoms with Gasteiger partial charge in [-0.05, 0) is 0 Å². The molecule has 6 nitrogen and oxygen atoms in total. The van der Waals surface area contributed by atoms with E-state index in [0.717, 1.165) is 0 Å². The molecule has 0 aromatic carbocycles. The molecule has 0 atom stereocenters. The number of aliphatic carboxylic acids is 2. The van der Waals surface area contributed by atoms with Crippen LogP contribution in [0.4, 0.5) is 0 Å². The molecule has 0 aromatic rings. The molecule has 0 rings (SSSR count). The van der Waals surface area contributed by atoms with Gasteiger partial charge in [0.1, 0.15) is 0 Å². The second kappa shape index (κ2) is 31.7. The number of hydrogen-bond acceptors (Lipinski definition) is 6. The van der Waals surface area contributed by atoms with Crippen molar-refractivity contribution < 1.29 is 63.5 Å². The van der Waals surface area contributed by atoms with Crippen molar-refractivity contribution in [1.82, 2.24) is 0 Å². The van der Waals surface area contributed by atoms with Gasteiger partial charge in [0.05, 0.1) is 11.9 Å². The van der Waals surface area contributed by atoms with E-state index in [4.69, 9.17) is 29.4 Å². The zero-order chi connectivity index (χ0) is 9.15. The normalized spacial score (nSPS) is 4.33. The van der Waals surface area contributed by atoms with Crippen molar-refractivity contribution in [2.24, 2.45) is 0 Å². The van der Waals surface area contributed by atoms with Crippen molar-refractivity contribution in [3.05, 3.63) is 0 Å². The van der Waals surface area contributed by atoms with Crippen LogP contribution >= 0.6 is 0 Å². The minimum Gasteiger partial charge on any atom is -0.543 e. The number of rotatable bonds is 0. The first-order valence-electron chi connectivity index (χ1n) is 1.47. The summed E-state index contributed by atoms with van der Waals surface area (Å²) in [6, 6.07) is 0. The third-order valence-corrected chi connectivity index (χ3v) is 0.167. The Kier molecular flexibility index (Phi) is 79.7. The number of carbonyl (C=O) groups is 2. The van der Waals surface area contributed by atoms with Gasteiger partial charge in [0, 0.05) is 0 Å². The van der Waals surface area contributed by atoms with E-state index in [1.807, 2.05) is 0 Å². The largest absolute Gasteiger partial charge is 1.00 e. The van der Waals surface area contributed by atoms with E-state index in [1.165, 1.54) is 0 Å². The SMILES string of the molecule is O=C([O-])C(=O)[O-].[C]=O.[C]=O.[Cu+].[Cu+]. The quantitative estimate of drug-likeness (QED) is 0.325. The van der Waals surface area contributed by atoms with E-state index in [-0.39, 0.29) is 34.1 Å². The molecule has 0 aliphatic heterocycles. The molecule has 0 N–H and O–H groups in total. The maximum absolute atomic E-state index is 8.93. The zero-order valence-corrected chi connectivity index (χ0v) is 6.94. The summed E-state index contributed by atoms with van der Waals surface area (Å²) in [4.78, 5) is 32.9. The molecule has 0 amide bonds. The van der Waals surface area contributed by atoms with E-state index in [2.05, 4.69) is 13.6 Å². The van der Waals surface area contributed by atoms with Crippen LogP contribution in [0, 0.1) is 0 Å². The molecule has 0 unspecified atom stereocenters. The summed E-state index contributed by atoms with van der Waals surface area (Å²) in [6.07, 6.45) is 0. The van der Waals surface area contributed by atoms with Gasteiger partial charge in [0.25, 0.3) is 13.6 Å². The van der Waals surface area contributed by atoms with Gasteiger partial charge in [-0.1, -0.05) is 0 Å². The zero-order valence-electron chi connectivity index (χ0n) is 5.05. The van der Waals surface area contributed by atoms with Crippen LogP contribution in [0.2, 0.25) is 0 Å². The molecule has 74 valence electrons. The first kappa shape index (κ1) is 30.2. The maximum Gasteiger partial charge on any atom is 1.00 e. The Bertz CT molecular complexity index is 102. The first-order valence-corrected chi connectivity index (χ1v) is 1.47. The summed E-state index contributed by atoms with van der Waals surface area (Å²) in [5.41, 5.74) is 0. The van der Waals surface area contributed by atoms with Crippen molar-refractivity contribution in [1.29, 1.82) is 0 Å². The van der Waals surface area contributed by atoms with Crippen molar-refractivity contribution in [3.8, 4) is 0 Å². The number of carboxylic acid groups (broad SMARTS) is 2. The molecular weight excluding hydrogens is 271 g/mol. The second-order valence-electron chi connectivity index (χ2n) is 0.575. The van der Waals surface area contributed by atoms with Gasteiger partial charge < -0.3 is 19.8 Å². The van der Waals surface area contributed by atoms with Gasteiger partial charge in [0.2, 0.25) is 0 Å². The van der Waals surface area contributed by atoms with Crippen LogP contribution < -0.4 is 10.2 Å². The van der Waals surface area contributed by atoms with Crippen LogP contribution in [0.5, 0.6) is 0 Å². The third kappa shape index (κ3) is 58.5. The smallest absolute Gasteiger partial charge is 0.543 e. The predicted octanol–water partition coefficient (Wildman–Crippen LogP) is -4.31. The Hall–Kier alpha value is -0.681. The van der Waals surface area contributed by atoms with Gasteiger partial charge in [-0.15, -0.1) is 0 Å². The van der Waals surface area contributed by atoms with Gasteiger partial charge in [-0.25, -0.2) is 0 Å². The van der Waals surface area contributed by atoms with E-state index >= 15 is 0 Å². The predicted molar refractivity (Wildman–Crippen MR) is 21.4 cm³/mol. The summed E-state index contributed by atoms with van der Waals surface area (Å²) < 4.78 is 0. The van der Waals surface area contributed by atoms with Crippen molar-refractivity contribution >= 4 is 25.5 Å². The fraction of sp³-hybridized carbons (Fsp3) is 0. The van der Waals surface area contributed by atoms with E-state index < -0.39 is 11.9 Å². The average molecular weight is 271 g/mol. The molecule has 0 aliphatic carbocycles. The maximum atomic E-state index is 8.93. The van der Waals surface area contributed by atoms with Crippen molar-refractivity contribution in [2.75, 3.05) is 0 Å². The molecule has 0 aromatic heterocycles. The fourth-order valence-corrected chi connectivity index (χ4v) is 0. The summed E-state index contributed by atoms with van der Waals surface area (Å²) >= 11 is 0. The van der Waals surface area contributed by atoms with E-state index in [9.17, 15) is 0 Å². The topological polar surface area (TPSA) is 114 Å². The molecule has 0 fully saturated rings. The van der Waals surface area contributed by atoms with Crippen LogP contribution in [0.15, 0.2) is 0 Å². The molecule has 0 aliphatic rings. The molecule has 8 heteroatoms. The molecular formula is C4Cu2O6. The first-order chi connectivity index (χ1) is 4.64. The molecule has 12 heavy (non-hydrogen) atoms. The number of carbonyl (C=O) groups excluding carboxylic acids is 4. The van der Waals surface area contributed by atoms with E-state index in [1.54, 1.807) is 0 Å². The minimum atomic E-state index is -2.19. The van der Waals surface area contributed by atoms with Crippen LogP contribution in [0.3, 0.4) is 0 Å². The van der Waals surface area contributed by atoms with Gasteiger partial charge in [0.15, 0.2) is 0 Å². The second-order valence-corrected chi connectivity index (χ2v) is 0.575. The molecule has 0 spiro atoms. The Morgan fingerprint density at radius 3 is 0.833 bits per heavy atom. The Morgan fingerprint density at radius 2 is 0.833 bits per heavy atom. The number of carboxylic acids is 2. The van der Waals surface area contributed by atoms with Crippen LogP contribution in [-0.2, 0) is 53.3 Å². The Balaban J connectivity index is -0.0000000241. The van der Waals surface area contributed by atoms with Gasteiger partial charge in [-0.3, -0.25) is 9.59 Å². The van der Waals surface area contributed by atoms with Gasteiger partial charge >= 0.3 is 34.1 Å². The van der Waals surface area contributed by atoms with Crippen molar-refractivity contribution in [2.45, 2.75) is 0 Å². The molecule has 0 saturated carbocycles.